The summed E-state index contributed by atoms with van der Waals surface area (Å²) in [6, 6.07) is 11.0. The predicted octanol–water partition coefficient (Wildman–Crippen LogP) is 3.79. The number of rotatable bonds is 8. The van der Waals surface area contributed by atoms with Crippen LogP contribution in [0.25, 0.3) is 11.0 Å². The zero-order chi connectivity index (χ0) is 22.5. The summed E-state index contributed by atoms with van der Waals surface area (Å²) in [6.07, 6.45) is 0. The molecule has 0 bridgehead atoms. The normalized spacial score (nSPS) is 10.9. The molecule has 3 rings (SSSR count). The molecule has 0 saturated carbocycles. The molecule has 1 heterocycles. The first kappa shape index (κ1) is 22.3. The molecule has 0 fully saturated rings. The Labute approximate surface area is 182 Å². The SMILES string of the molecule is CCOc1ccc(CN(CC)C(=O)c2ccc3c(c2)nc(C)c(=O)n3CC)cc1OC. The fourth-order valence-electron chi connectivity index (χ4n) is 3.64. The van der Waals surface area contributed by atoms with Gasteiger partial charge in [-0.25, -0.2) is 4.98 Å². The lowest BCUT2D eigenvalue weighted by Crippen LogP contribution is -2.30. The average Bonchev–Trinajstić information content (AvgIpc) is 2.78. The number of carbonyl (C=O) groups excluding carboxylic acids is 1. The molecule has 1 aromatic heterocycles. The van der Waals surface area contributed by atoms with Crippen LogP contribution in [-0.4, -0.2) is 40.6 Å². The second kappa shape index (κ2) is 9.64. The van der Waals surface area contributed by atoms with Crippen LogP contribution in [0.1, 0.15) is 42.4 Å². The summed E-state index contributed by atoms with van der Waals surface area (Å²) in [7, 11) is 1.60. The number of methoxy groups -OCH3 is 1. The van der Waals surface area contributed by atoms with E-state index in [9.17, 15) is 9.59 Å². The first-order valence-electron chi connectivity index (χ1n) is 10.5. The molecule has 0 N–H and O–H groups in total. The van der Waals surface area contributed by atoms with Crippen LogP contribution in [0.4, 0.5) is 0 Å². The lowest BCUT2D eigenvalue weighted by molar-refractivity contribution is 0.0752. The van der Waals surface area contributed by atoms with E-state index < -0.39 is 0 Å². The van der Waals surface area contributed by atoms with E-state index in [1.165, 1.54) is 0 Å². The Morgan fingerprint density at radius 1 is 1.10 bits per heavy atom. The van der Waals surface area contributed by atoms with Gasteiger partial charge in [-0.3, -0.25) is 9.59 Å². The molecule has 3 aromatic rings. The molecule has 0 aliphatic carbocycles. The van der Waals surface area contributed by atoms with E-state index in [1.54, 1.807) is 41.7 Å². The topological polar surface area (TPSA) is 73.7 Å². The van der Waals surface area contributed by atoms with Gasteiger partial charge in [-0.15, -0.1) is 0 Å². The first-order valence-corrected chi connectivity index (χ1v) is 10.5. The number of nitrogens with zero attached hydrogens (tertiary/aromatic N) is 3. The van der Waals surface area contributed by atoms with Crippen LogP contribution in [0.5, 0.6) is 11.5 Å². The zero-order valence-electron chi connectivity index (χ0n) is 18.8. The second-order valence-electron chi connectivity index (χ2n) is 7.19. The maximum Gasteiger partial charge on any atom is 0.272 e. The van der Waals surface area contributed by atoms with Crippen molar-refractivity contribution in [3.63, 3.8) is 0 Å². The number of aryl methyl sites for hydroxylation is 2. The number of ether oxygens (including phenoxy) is 2. The van der Waals surface area contributed by atoms with E-state index in [0.29, 0.717) is 54.5 Å². The summed E-state index contributed by atoms with van der Waals surface area (Å²) in [5.74, 6) is 1.23. The fourth-order valence-corrected chi connectivity index (χ4v) is 3.64. The maximum absolute atomic E-state index is 13.2. The third kappa shape index (κ3) is 4.55. The molecule has 0 aliphatic heterocycles. The minimum Gasteiger partial charge on any atom is -0.493 e. The van der Waals surface area contributed by atoms with Gasteiger partial charge < -0.3 is 18.9 Å². The molecule has 7 nitrogen and oxygen atoms in total. The van der Waals surface area contributed by atoms with Crippen molar-refractivity contribution in [2.75, 3.05) is 20.3 Å². The van der Waals surface area contributed by atoms with Crippen molar-refractivity contribution in [2.24, 2.45) is 0 Å². The molecule has 0 unspecified atom stereocenters. The number of benzene rings is 2. The van der Waals surface area contributed by atoms with E-state index in [-0.39, 0.29) is 11.5 Å². The molecule has 0 aliphatic rings. The molecule has 2 aromatic carbocycles. The second-order valence-corrected chi connectivity index (χ2v) is 7.19. The number of amides is 1. The molecule has 0 spiro atoms. The highest BCUT2D eigenvalue weighted by molar-refractivity contribution is 5.97. The lowest BCUT2D eigenvalue weighted by Gasteiger charge is -2.22. The summed E-state index contributed by atoms with van der Waals surface area (Å²) >= 11 is 0. The van der Waals surface area contributed by atoms with Gasteiger partial charge in [-0.1, -0.05) is 6.07 Å². The van der Waals surface area contributed by atoms with Crippen molar-refractivity contribution >= 4 is 16.9 Å². The minimum absolute atomic E-state index is 0.0917. The molecule has 31 heavy (non-hydrogen) atoms. The van der Waals surface area contributed by atoms with E-state index in [1.807, 2.05) is 39.0 Å². The zero-order valence-corrected chi connectivity index (χ0v) is 18.8. The minimum atomic E-state index is -0.103. The molecular formula is C24H29N3O4. The summed E-state index contributed by atoms with van der Waals surface area (Å²) in [4.78, 5) is 31.7. The Morgan fingerprint density at radius 2 is 1.87 bits per heavy atom. The van der Waals surface area contributed by atoms with Crippen LogP contribution in [0.2, 0.25) is 0 Å². The Hall–Kier alpha value is -3.35. The Kier molecular flexibility index (Phi) is 6.95. The predicted molar refractivity (Wildman–Crippen MR) is 121 cm³/mol. The summed E-state index contributed by atoms with van der Waals surface area (Å²) in [5.41, 5.74) is 3.18. The summed E-state index contributed by atoms with van der Waals surface area (Å²) in [5, 5.41) is 0. The highest BCUT2D eigenvalue weighted by Crippen LogP contribution is 2.28. The lowest BCUT2D eigenvalue weighted by atomic mass is 10.1. The summed E-state index contributed by atoms with van der Waals surface area (Å²) < 4.78 is 12.7. The molecule has 0 atom stereocenters. The summed E-state index contributed by atoms with van der Waals surface area (Å²) in [6.45, 7) is 9.57. The van der Waals surface area contributed by atoms with Crippen LogP contribution in [0.15, 0.2) is 41.2 Å². The van der Waals surface area contributed by atoms with E-state index >= 15 is 0 Å². The van der Waals surface area contributed by atoms with E-state index in [2.05, 4.69) is 4.98 Å². The highest BCUT2D eigenvalue weighted by Gasteiger charge is 2.17. The largest absolute Gasteiger partial charge is 0.493 e. The smallest absolute Gasteiger partial charge is 0.272 e. The monoisotopic (exact) mass is 423 g/mol. The number of aromatic nitrogens is 2. The Balaban J connectivity index is 1.91. The third-order valence-electron chi connectivity index (χ3n) is 5.24. The molecule has 164 valence electrons. The number of carbonyl (C=O) groups is 1. The maximum atomic E-state index is 13.2. The Morgan fingerprint density at radius 3 is 2.52 bits per heavy atom. The van der Waals surface area contributed by atoms with Crippen molar-refractivity contribution in [3.8, 4) is 11.5 Å². The van der Waals surface area contributed by atoms with Crippen molar-refractivity contribution < 1.29 is 14.3 Å². The van der Waals surface area contributed by atoms with Gasteiger partial charge in [0, 0.05) is 25.2 Å². The van der Waals surface area contributed by atoms with Gasteiger partial charge in [-0.05, 0) is 63.6 Å². The quantitative estimate of drug-likeness (QED) is 0.551. The van der Waals surface area contributed by atoms with Gasteiger partial charge in [0.05, 0.1) is 24.8 Å². The van der Waals surface area contributed by atoms with Crippen molar-refractivity contribution in [1.29, 1.82) is 0 Å². The van der Waals surface area contributed by atoms with Crippen LogP contribution >= 0.6 is 0 Å². The van der Waals surface area contributed by atoms with Crippen LogP contribution in [0.3, 0.4) is 0 Å². The van der Waals surface area contributed by atoms with Gasteiger partial charge in [-0.2, -0.15) is 0 Å². The first-order chi connectivity index (χ1) is 14.9. The van der Waals surface area contributed by atoms with E-state index in [4.69, 9.17) is 9.47 Å². The van der Waals surface area contributed by atoms with Crippen molar-refractivity contribution in [1.82, 2.24) is 14.5 Å². The van der Waals surface area contributed by atoms with Crippen molar-refractivity contribution in [3.05, 3.63) is 63.6 Å². The number of fused-ring (bicyclic) bond motifs is 1. The third-order valence-corrected chi connectivity index (χ3v) is 5.24. The molecule has 0 radical (unpaired) electrons. The molecule has 0 saturated heterocycles. The van der Waals surface area contributed by atoms with Crippen LogP contribution < -0.4 is 15.0 Å². The van der Waals surface area contributed by atoms with Gasteiger partial charge >= 0.3 is 0 Å². The number of hydrogen-bond acceptors (Lipinski definition) is 5. The molecular weight excluding hydrogens is 394 g/mol. The van der Waals surface area contributed by atoms with Gasteiger partial charge in [0.15, 0.2) is 11.5 Å². The van der Waals surface area contributed by atoms with Crippen LogP contribution in [-0.2, 0) is 13.1 Å². The number of hydrogen-bond donors (Lipinski definition) is 0. The van der Waals surface area contributed by atoms with Gasteiger partial charge in [0.2, 0.25) is 0 Å². The highest BCUT2D eigenvalue weighted by atomic mass is 16.5. The molecule has 7 heteroatoms. The van der Waals surface area contributed by atoms with Crippen LogP contribution in [0, 0.1) is 6.92 Å². The average molecular weight is 424 g/mol. The fraction of sp³-hybridized carbons (Fsp3) is 0.375. The molecule has 1 amide bonds. The Bertz CT molecular complexity index is 1150. The van der Waals surface area contributed by atoms with Crippen molar-refractivity contribution in [2.45, 2.75) is 40.8 Å². The van der Waals surface area contributed by atoms with E-state index in [0.717, 1.165) is 11.1 Å². The van der Waals surface area contributed by atoms with Gasteiger partial charge in [0.25, 0.3) is 11.5 Å². The van der Waals surface area contributed by atoms with Gasteiger partial charge in [0.1, 0.15) is 5.69 Å². The standard InChI is InChI=1S/C24H29N3O4/c1-6-26(15-17-9-12-21(31-8-3)22(13-17)30-5)24(29)18-10-11-20-19(14-18)25-16(4)23(28)27(20)7-2/h9-14H,6-8,15H2,1-5H3.